The van der Waals surface area contributed by atoms with E-state index >= 15 is 0 Å². The van der Waals surface area contributed by atoms with Gasteiger partial charge in [-0.2, -0.15) is 5.10 Å². The van der Waals surface area contributed by atoms with Gasteiger partial charge in [-0.15, -0.1) is 0 Å². The number of amides is 3. The number of carbonyl (C=O) groups excluding carboxylic acids is 2. The quantitative estimate of drug-likeness (QED) is 0.232. The van der Waals surface area contributed by atoms with Gasteiger partial charge in [0.2, 0.25) is 5.91 Å². The smallest absolute Gasteiger partial charge is 0.322 e. The third-order valence-electron chi connectivity index (χ3n) is 4.93. The summed E-state index contributed by atoms with van der Waals surface area (Å²) in [6, 6.07) is 15.4. The van der Waals surface area contributed by atoms with Crippen molar-refractivity contribution in [1.29, 1.82) is 0 Å². The highest BCUT2D eigenvalue weighted by Crippen LogP contribution is 2.22. The molecule has 0 aliphatic rings. The largest absolute Gasteiger partial charge is 0.334 e. The number of urea groups is 1. The second kappa shape index (κ2) is 11.0. The summed E-state index contributed by atoms with van der Waals surface area (Å²) in [4.78, 5) is 25.8. The first kappa shape index (κ1) is 21.3. The van der Waals surface area contributed by atoms with Crippen molar-refractivity contribution in [1.82, 2.24) is 21.0 Å². The molecule has 4 N–H and O–H groups in total. The normalized spacial score (nSPS) is 10.7. The Morgan fingerprint density at radius 1 is 1.03 bits per heavy atom. The van der Waals surface area contributed by atoms with Crippen LogP contribution in [0.3, 0.4) is 0 Å². The highest BCUT2D eigenvalue weighted by molar-refractivity contribution is 5.94. The molecule has 0 atom stereocenters. The fourth-order valence-corrected chi connectivity index (χ4v) is 3.28. The number of anilines is 1. The molecule has 0 unspecified atom stereocenters. The Morgan fingerprint density at radius 2 is 1.83 bits per heavy atom. The Kier molecular flexibility index (Phi) is 7.79. The predicted octanol–water partition coefficient (Wildman–Crippen LogP) is 3.74. The molecule has 158 valence electrons. The van der Waals surface area contributed by atoms with Crippen LogP contribution in [0, 0.1) is 0 Å². The number of benzene rings is 2. The van der Waals surface area contributed by atoms with E-state index in [0.29, 0.717) is 25.9 Å². The molecule has 1 heterocycles. The molecule has 8 nitrogen and oxygen atoms in total. The van der Waals surface area contributed by atoms with Crippen LogP contribution >= 0.6 is 0 Å². The van der Waals surface area contributed by atoms with Gasteiger partial charge in [0.05, 0.1) is 11.7 Å². The van der Waals surface area contributed by atoms with E-state index in [9.17, 15) is 9.59 Å². The molecule has 0 bridgehead atoms. The summed E-state index contributed by atoms with van der Waals surface area (Å²) in [5.41, 5.74) is 4.42. The van der Waals surface area contributed by atoms with Crippen molar-refractivity contribution in [2.45, 2.75) is 38.6 Å². The highest BCUT2D eigenvalue weighted by Gasteiger charge is 2.16. The van der Waals surface area contributed by atoms with Gasteiger partial charge in [0, 0.05) is 30.6 Å². The van der Waals surface area contributed by atoms with Gasteiger partial charge < -0.3 is 5.32 Å². The molecule has 30 heavy (non-hydrogen) atoms. The fourth-order valence-electron chi connectivity index (χ4n) is 3.28. The van der Waals surface area contributed by atoms with Crippen molar-refractivity contribution in [3.63, 3.8) is 0 Å². The van der Waals surface area contributed by atoms with Gasteiger partial charge in [0.25, 0.3) is 0 Å². The molecular weight excluding hydrogens is 382 g/mol. The van der Waals surface area contributed by atoms with Gasteiger partial charge in [0.1, 0.15) is 0 Å². The third-order valence-corrected chi connectivity index (χ3v) is 4.93. The summed E-state index contributed by atoms with van der Waals surface area (Å²) in [6.07, 6.45) is 5.29. The van der Waals surface area contributed by atoms with Crippen molar-refractivity contribution in [3.05, 3.63) is 60.3 Å². The zero-order valence-electron chi connectivity index (χ0n) is 16.8. The number of aromatic amines is 1. The molecule has 0 saturated heterocycles. The average Bonchev–Trinajstić information content (AvgIpc) is 3.25. The van der Waals surface area contributed by atoms with Crippen LogP contribution < -0.4 is 15.7 Å². The molecule has 3 rings (SSSR count). The highest BCUT2D eigenvalue weighted by atomic mass is 16.5. The lowest BCUT2D eigenvalue weighted by Gasteiger charge is -2.23. The Hall–Kier alpha value is -3.39. The minimum atomic E-state index is -0.370. The van der Waals surface area contributed by atoms with E-state index in [4.69, 9.17) is 5.21 Å². The number of nitrogens with one attached hydrogen (secondary N) is 3. The topological polar surface area (TPSA) is 110 Å². The van der Waals surface area contributed by atoms with Crippen molar-refractivity contribution in [3.8, 4) is 0 Å². The van der Waals surface area contributed by atoms with E-state index < -0.39 is 0 Å². The van der Waals surface area contributed by atoms with Gasteiger partial charge in [-0.1, -0.05) is 43.2 Å². The Morgan fingerprint density at radius 3 is 2.63 bits per heavy atom. The summed E-state index contributed by atoms with van der Waals surface area (Å²) >= 11 is 0. The van der Waals surface area contributed by atoms with Crippen LogP contribution in [-0.4, -0.2) is 33.9 Å². The van der Waals surface area contributed by atoms with Crippen LogP contribution in [0.1, 0.15) is 37.7 Å². The average molecular weight is 409 g/mol. The lowest BCUT2D eigenvalue weighted by atomic mass is 10.1. The molecule has 0 radical (unpaired) electrons. The summed E-state index contributed by atoms with van der Waals surface area (Å²) in [5.74, 6) is -0.370. The molecule has 0 aliphatic carbocycles. The standard InChI is InChI=1S/C22H27N5O3/c28-21(26-30)10-6-1-2-7-13-27(19-11-12-20-18(14-19)16-24-25-20)22(29)23-15-17-8-4-3-5-9-17/h3-5,8-9,11-12,14,16,30H,1-2,6-7,10,13,15H2,(H,23,29)(H,24,25)(H,26,28). The molecular formula is C22H27N5O3. The van der Waals surface area contributed by atoms with Crippen LogP contribution in [0.5, 0.6) is 0 Å². The zero-order chi connectivity index (χ0) is 21.2. The van der Waals surface area contributed by atoms with Crippen molar-refractivity contribution < 1.29 is 14.8 Å². The van der Waals surface area contributed by atoms with Gasteiger partial charge in [-0.05, 0) is 36.6 Å². The summed E-state index contributed by atoms with van der Waals surface area (Å²) in [5, 5.41) is 19.4. The van der Waals surface area contributed by atoms with Crippen LogP contribution in [0.2, 0.25) is 0 Å². The van der Waals surface area contributed by atoms with E-state index in [1.165, 1.54) is 0 Å². The fraction of sp³-hybridized carbons (Fsp3) is 0.318. The number of aromatic nitrogens is 2. The summed E-state index contributed by atoms with van der Waals surface area (Å²) < 4.78 is 0. The SMILES string of the molecule is O=C(CCCCCCN(C(=O)NCc1ccccc1)c1ccc2[nH]ncc2c1)NO. The number of hydrogen-bond donors (Lipinski definition) is 4. The van der Waals surface area contributed by atoms with E-state index in [0.717, 1.165) is 41.4 Å². The maximum atomic E-state index is 13.0. The van der Waals surface area contributed by atoms with Crippen molar-refractivity contribution in [2.75, 3.05) is 11.4 Å². The number of carbonyl (C=O) groups is 2. The molecule has 8 heteroatoms. The second-order valence-corrected chi connectivity index (χ2v) is 7.14. The molecule has 0 saturated carbocycles. The first-order chi connectivity index (χ1) is 14.7. The van der Waals surface area contributed by atoms with Crippen LogP contribution in [0.4, 0.5) is 10.5 Å². The van der Waals surface area contributed by atoms with Gasteiger partial charge >= 0.3 is 6.03 Å². The minimum Gasteiger partial charge on any atom is -0.334 e. The number of rotatable bonds is 10. The monoisotopic (exact) mass is 409 g/mol. The first-order valence-corrected chi connectivity index (χ1v) is 10.1. The van der Waals surface area contributed by atoms with E-state index in [1.807, 2.05) is 48.5 Å². The number of hydroxylamine groups is 1. The van der Waals surface area contributed by atoms with Crippen molar-refractivity contribution in [2.24, 2.45) is 0 Å². The summed E-state index contributed by atoms with van der Waals surface area (Å²) in [7, 11) is 0. The lowest BCUT2D eigenvalue weighted by Crippen LogP contribution is -2.40. The Bertz CT molecular complexity index is 958. The number of fused-ring (bicyclic) bond motifs is 1. The lowest BCUT2D eigenvalue weighted by molar-refractivity contribution is -0.129. The third kappa shape index (κ3) is 6.05. The van der Waals surface area contributed by atoms with E-state index in [-0.39, 0.29) is 11.9 Å². The number of H-pyrrole nitrogens is 1. The molecule has 2 aromatic carbocycles. The molecule has 0 spiro atoms. The molecule has 0 fully saturated rings. The summed E-state index contributed by atoms with van der Waals surface area (Å²) in [6.45, 7) is 1.02. The number of nitrogens with zero attached hydrogens (tertiary/aromatic N) is 2. The van der Waals surface area contributed by atoms with Gasteiger partial charge in [-0.3, -0.25) is 20.0 Å². The Labute approximate surface area is 175 Å². The zero-order valence-corrected chi connectivity index (χ0v) is 16.8. The van der Waals surface area contributed by atoms with E-state index in [1.54, 1.807) is 16.6 Å². The molecule has 1 aromatic heterocycles. The van der Waals surface area contributed by atoms with E-state index in [2.05, 4.69) is 15.5 Å². The number of hydrogen-bond acceptors (Lipinski definition) is 4. The maximum Gasteiger partial charge on any atom is 0.322 e. The molecule has 3 aromatic rings. The van der Waals surface area contributed by atoms with Gasteiger partial charge in [0.15, 0.2) is 0 Å². The van der Waals surface area contributed by atoms with Crippen LogP contribution in [-0.2, 0) is 11.3 Å². The minimum absolute atomic E-state index is 0.152. The molecule has 3 amide bonds. The molecule has 0 aliphatic heterocycles. The maximum absolute atomic E-state index is 13.0. The first-order valence-electron chi connectivity index (χ1n) is 10.1. The van der Waals surface area contributed by atoms with Crippen molar-refractivity contribution >= 4 is 28.5 Å². The van der Waals surface area contributed by atoms with Crippen LogP contribution in [0.25, 0.3) is 10.9 Å². The van der Waals surface area contributed by atoms with Gasteiger partial charge in [-0.25, -0.2) is 10.3 Å². The van der Waals surface area contributed by atoms with Crippen LogP contribution in [0.15, 0.2) is 54.7 Å². The second-order valence-electron chi connectivity index (χ2n) is 7.14. The Balaban J connectivity index is 1.60. The predicted molar refractivity (Wildman–Crippen MR) is 115 cm³/mol. The number of unbranched alkanes of at least 4 members (excludes halogenated alkanes) is 3.